The van der Waals surface area contributed by atoms with Gasteiger partial charge >= 0.3 is 5.97 Å². The van der Waals surface area contributed by atoms with Crippen LogP contribution in [-0.2, 0) is 16.1 Å². The van der Waals surface area contributed by atoms with E-state index in [1.165, 1.54) is 6.07 Å². The highest BCUT2D eigenvalue weighted by Gasteiger charge is 2.23. The van der Waals surface area contributed by atoms with Crippen molar-refractivity contribution in [2.45, 2.75) is 32.4 Å². The van der Waals surface area contributed by atoms with Crippen LogP contribution in [0.3, 0.4) is 0 Å². The molecule has 98 valence electrons. The third kappa shape index (κ3) is 2.70. The Morgan fingerprint density at radius 2 is 2.33 bits per heavy atom. The molecule has 1 fully saturated rings. The standard InChI is InChI=1S/C12H15NO5/c1-7-9(12(15)16)5-8(18-7)6-13-11(14)10-3-2-4-17-10/h5,10H,2-4,6H2,1H3,(H,13,14)(H,15,16). The molecule has 1 aromatic rings. The number of aryl methyl sites for hydroxylation is 1. The number of hydrogen-bond acceptors (Lipinski definition) is 4. The van der Waals surface area contributed by atoms with Gasteiger partial charge in [-0.2, -0.15) is 0 Å². The molecule has 0 radical (unpaired) electrons. The smallest absolute Gasteiger partial charge is 0.339 e. The molecule has 0 saturated carbocycles. The van der Waals surface area contributed by atoms with Gasteiger partial charge in [-0.15, -0.1) is 0 Å². The summed E-state index contributed by atoms with van der Waals surface area (Å²) in [5.41, 5.74) is 0.122. The van der Waals surface area contributed by atoms with Crippen molar-refractivity contribution in [1.29, 1.82) is 0 Å². The average molecular weight is 253 g/mol. The molecule has 1 aliphatic heterocycles. The molecule has 1 aliphatic rings. The van der Waals surface area contributed by atoms with Crippen LogP contribution in [0.5, 0.6) is 0 Å². The fourth-order valence-electron chi connectivity index (χ4n) is 1.92. The van der Waals surface area contributed by atoms with E-state index >= 15 is 0 Å². The van der Waals surface area contributed by atoms with Gasteiger partial charge in [0.1, 0.15) is 23.2 Å². The second-order valence-electron chi connectivity index (χ2n) is 4.21. The van der Waals surface area contributed by atoms with Gasteiger partial charge in [-0.3, -0.25) is 4.79 Å². The lowest BCUT2D eigenvalue weighted by Crippen LogP contribution is -2.33. The Morgan fingerprint density at radius 3 is 2.89 bits per heavy atom. The number of aromatic carboxylic acids is 1. The van der Waals surface area contributed by atoms with E-state index in [4.69, 9.17) is 14.3 Å². The van der Waals surface area contributed by atoms with Crippen LogP contribution in [0.1, 0.15) is 34.7 Å². The van der Waals surface area contributed by atoms with Gasteiger partial charge in [0.05, 0.1) is 6.54 Å². The third-order valence-corrected chi connectivity index (χ3v) is 2.86. The van der Waals surface area contributed by atoms with Gasteiger partial charge in [0.25, 0.3) is 0 Å². The van der Waals surface area contributed by atoms with Crippen molar-refractivity contribution in [2.24, 2.45) is 0 Å². The molecule has 1 amide bonds. The first-order valence-corrected chi connectivity index (χ1v) is 5.80. The molecule has 1 aromatic heterocycles. The summed E-state index contributed by atoms with van der Waals surface area (Å²) >= 11 is 0. The summed E-state index contributed by atoms with van der Waals surface area (Å²) in [7, 11) is 0. The van der Waals surface area contributed by atoms with E-state index in [1.54, 1.807) is 6.92 Å². The summed E-state index contributed by atoms with van der Waals surface area (Å²) in [6.45, 7) is 2.36. The van der Waals surface area contributed by atoms with Crippen LogP contribution in [0, 0.1) is 6.92 Å². The summed E-state index contributed by atoms with van der Waals surface area (Å²) in [6.07, 6.45) is 1.23. The molecule has 1 unspecified atom stereocenters. The van der Waals surface area contributed by atoms with Gasteiger partial charge in [-0.25, -0.2) is 4.79 Å². The van der Waals surface area contributed by atoms with Crippen LogP contribution in [0.15, 0.2) is 10.5 Å². The van der Waals surface area contributed by atoms with Gasteiger partial charge in [0.15, 0.2) is 0 Å². The molecule has 2 heterocycles. The van der Waals surface area contributed by atoms with Crippen LogP contribution in [0.2, 0.25) is 0 Å². The number of amides is 1. The highest BCUT2D eigenvalue weighted by Crippen LogP contribution is 2.15. The monoisotopic (exact) mass is 253 g/mol. The predicted octanol–water partition coefficient (Wildman–Crippen LogP) is 1.08. The maximum absolute atomic E-state index is 11.7. The van der Waals surface area contributed by atoms with Crippen LogP contribution in [-0.4, -0.2) is 29.7 Å². The van der Waals surface area contributed by atoms with E-state index in [1.807, 2.05) is 0 Å². The van der Waals surface area contributed by atoms with E-state index in [0.717, 1.165) is 12.8 Å². The molecule has 1 saturated heterocycles. The average Bonchev–Trinajstić information content (AvgIpc) is 2.94. The zero-order valence-corrected chi connectivity index (χ0v) is 10.1. The minimum absolute atomic E-state index is 0.122. The lowest BCUT2D eigenvalue weighted by molar-refractivity contribution is -0.130. The molecule has 6 heteroatoms. The van der Waals surface area contributed by atoms with Gasteiger partial charge in [-0.05, 0) is 25.8 Å². The molecule has 1 atom stereocenters. The predicted molar refractivity (Wildman–Crippen MR) is 61.2 cm³/mol. The second kappa shape index (κ2) is 5.22. The number of carboxylic acids is 1. The first-order valence-electron chi connectivity index (χ1n) is 5.80. The lowest BCUT2D eigenvalue weighted by Gasteiger charge is -2.08. The van der Waals surface area contributed by atoms with Crippen molar-refractivity contribution in [1.82, 2.24) is 5.32 Å². The Labute approximate surface area is 104 Å². The molecule has 18 heavy (non-hydrogen) atoms. The highest BCUT2D eigenvalue weighted by atomic mass is 16.5. The third-order valence-electron chi connectivity index (χ3n) is 2.86. The van der Waals surface area contributed by atoms with Gasteiger partial charge < -0.3 is 19.6 Å². The first kappa shape index (κ1) is 12.6. The largest absolute Gasteiger partial charge is 0.478 e. The Bertz CT molecular complexity index is 459. The Kier molecular flexibility index (Phi) is 3.66. The van der Waals surface area contributed by atoms with Crippen LogP contribution in [0.25, 0.3) is 0 Å². The topological polar surface area (TPSA) is 88.8 Å². The summed E-state index contributed by atoms with van der Waals surface area (Å²) < 4.78 is 10.5. The molecular weight excluding hydrogens is 238 g/mol. The highest BCUT2D eigenvalue weighted by molar-refractivity contribution is 5.88. The number of nitrogens with one attached hydrogen (secondary N) is 1. The maximum atomic E-state index is 11.7. The summed E-state index contributed by atoms with van der Waals surface area (Å²) in [5, 5.41) is 11.5. The Hall–Kier alpha value is -1.82. The minimum atomic E-state index is -1.03. The summed E-state index contributed by atoms with van der Waals surface area (Å²) in [5.74, 6) is -0.452. The number of rotatable bonds is 4. The van der Waals surface area contributed by atoms with Crippen molar-refractivity contribution in [3.8, 4) is 0 Å². The number of furan rings is 1. The van der Waals surface area contributed by atoms with Crippen LogP contribution < -0.4 is 5.32 Å². The van der Waals surface area contributed by atoms with Crippen molar-refractivity contribution in [3.05, 3.63) is 23.2 Å². The van der Waals surface area contributed by atoms with E-state index < -0.39 is 5.97 Å². The molecule has 0 bridgehead atoms. The van der Waals surface area contributed by atoms with Crippen LogP contribution in [0.4, 0.5) is 0 Å². The fourth-order valence-corrected chi connectivity index (χ4v) is 1.92. The maximum Gasteiger partial charge on any atom is 0.339 e. The van der Waals surface area contributed by atoms with E-state index in [0.29, 0.717) is 18.1 Å². The van der Waals surface area contributed by atoms with Crippen molar-refractivity contribution >= 4 is 11.9 Å². The molecule has 2 N–H and O–H groups in total. The molecule has 6 nitrogen and oxygen atoms in total. The minimum Gasteiger partial charge on any atom is -0.478 e. The van der Waals surface area contributed by atoms with Crippen LogP contribution >= 0.6 is 0 Å². The summed E-state index contributed by atoms with van der Waals surface area (Å²) in [4.78, 5) is 22.5. The number of ether oxygens (including phenoxy) is 1. The van der Waals surface area contributed by atoms with Crippen molar-refractivity contribution in [2.75, 3.05) is 6.61 Å². The Morgan fingerprint density at radius 1 is 1.56 bits per heavy atom. The van der Waals surface area contributed by atoms with Gasteiger partial charge in [-0.1, -0.05) is 0 Å². The normalized spacial score (nSPS) is 18.8. The fraction of sp³-hybridized carbons (Fsp3) is 0.500. The SMILES string of the molecule is Cc1oc(CNC(=O)C2CCCO2)cc1C(=O)O. The quantitative estimate of drug-likeness (QED) is 0.838. The molecule has 0 aromatic carbocycles. The van der Waals surface area contributed by atoms with Gasteiger partial charge in [0.2, 0.25) is 5.91 Å². The Balaban J connectivity index is 1.91. The molecule has 2 rings (SSSR count). The number of carbonyl (C=O) groups is 2. The van der Waals surface area contributed by atoms with E-state index in [9.17, 15) is 9.59 Å². The lowest BCUT2D eigenvalue weighted by atomic mass is 10.2. The van der Waals surface area contributed by atoms with Crippen molar-refractivity contribution in [3.63, 3.8) is 0 Å². The van der Waals surface area contributed by atoms with E-state index in [2.05, 4.69) is 5.32 Å². The zero-order valence-electron chi connectivity index (χ0n) is 10.1. The second-order valence-corrected chi connectivity index (χ2v) is 4.21. The summed E-state index contributed by atoms with van der Waals surface area (Å²) in [6, 6.07) is 1.42. The molecule has 0 spiro atoms. The van der Waals surface area contributed by atoms with Crippen molar-refractivity contribution < 1.29 is 23.8 Å². The number of carboxylic acid groups (broad SMARTS) is 1. The zero-order chi connectivity index (χ0) is 13.1. The van der Waals surface area contributed by atoms with Gasteiger partial charge in [0, 0.05) is 6.61 Å². The number of carbonyl (C=O) groups excluding carboxylic acids is 1. The number of hydrogen-bond donors (Lipinski definition) is 2. The molecule has 0 aliphatic carbocycles. The first-order chi connectivity index (χ1) is 8.58. The molecular formula is C12H15NO5. The van der Waals surface area contributed by atoms with E-state index in [-0.39, 0.29) is 24.1 Å².